The number of alkyl halides is 3. The van der Waals surface area contributed by atoms with E-state index in [1.807, 2.05) is 11.0 Å². The maximum absolute atomic E-state index is 12.8. The summed E-state index contributed by atoms with van der Waals surface area (Å²) in [4.78, 5) is 19.0. The van der Waals surface area contributed by atoms with E-state index >= 15 is 0 Å². The predicted molar refractivity (Wildman–Crippen MR) is 92.0 cm³/mol. The van der Waals surface area contributed by atoms with Gasteiger partial charge in [0.15, 0.2) is 0 Å². The van der Waals surface area contributed by atoms with Crippen LogP contribution >= 0.6 is 0 Å². The number of nitrogens with one attached hydrogen (secondary N) is 2. The summed E-state index contributed by atoms with van der Waals surface area (Å²) in [5.41, 5.74) is -0.169. The van der Waals surface area contributed by atoms with Crippen LogP contribution in [0.25, 0.3) is 0 Å². The summed E-state index contributed by atoms with van der Waals surface area (Å²) in [6.45, 7) is 1.99. The molecule has 2 heterocycles. The molecule has 0 bridgehead atoms. The molecule has 0 aliphatic carbocycles. The van der Waals surface area contributed by atoms with Crippen LogP contribution in [0.4, 0.5) is 29.5 Å². The van der Waals surface area contributed by atoms with Gasteiger partial charge in [0.2, 0.25) is 0 Å². The van der Waals surface area contributed by atoms with E-state index in [1.54, 1.807) is 23.2 Å². The molecule has 1 aliphatic heterocycles. The van der Waals surface area contributed by atoms with E-state index in [2.05, 4.69) is 10.3 Å². The van der Waals surface area contributed by atoms with Gasteiger partial charge in [-0.1, -0.05) is 6.07 Å². The second-order valence-electron chi connectivity index (χ2n) is 6.06. The lowest BCUT2D eigenvalue weighted by Gasteiger charge is -2.31. The molecule has 140 valence electrons. The van der Waals surface area contributed by atoms with Gasteiger partial charge in [0.25, 0.3) is 5.82 Å². The fourth-order valence-corrected chi connectivity index (χ4v) is 2.81. The maximum atomic E-state index is 12.8. The number of nitriles is 1. The Bertz CT molecular complexity index is 853. The lowest BCUT2D eigenvalue weighted by Crippen LogP contribution is -2.51. The van der Waals surface area contributed by atoms with Crippen molar-refractivity contribution in [2.75, 3.05) is 36.4 Å². The number of anilines is 2. The number of carbonyl (C=O) groups excluding carboxylic acids is 1. The molecule has 1 saturated heterocycles. The quantitative estimate of drug-likeness (QED) is 0.876. The van der Waals surface area contributed by atoms with Gasteiger partial charge in [0, 0.05) is 11.8 Å². The molecule has 2 aromatic rings. The molecule has 1 aromatic heterocycles. The number of hydrogen-bond acceptors (Lipinski definition) is 3. The van der Waals surface area contributed by atoms with Crippen LogP contribution in [0.15, 0.2) is 42.6 Å². The summed E-state index contributed by atoms with van der Waals surface area (Å²) in [6.07, 6.45) is -2.84. The highest BCUT2D eigenvalue weighted by molar-refractivity contribution is 5.89. The van der Waals surface area contributed by atoms with Gasteiger partial charge in [-0.2, -0.15) is 18.4 Å². The number of piperazine rings is 1. The van der Waals surface area contributed by atoms with E-state index in [9.17, 15) is 18.0 Å². The Hall–Kier alpha value is -3.28. The number of aromatic nitrogens is 1. The Kier molecular flexibility index (Phi) is 5.16. The molecule has 0 spiro atoms. The van der Waals surface area contributed by atoms with Gasteiger partial charge in [0.1, 0.15) is 25.4 Å². The van der Waals surface area contributed by atoms with E-state index in [-0.39, 0.29) is 5.69 Å². The van der Waals surface area contributed by atoms with Crippen LogP contribution in [0.3, 0.4) is 0 Å². The number of aromatic amines is 1. The number of rotatable bonds is 2. The number of benzene rings is 1. The highest BCUT2D eigenvalue weighted by Gasteiger charge is 2.31. The summed E-state index contributed by atoms with van der Waals surface area (Å²) >= 11 is 0. The summed E-state index contributed by atoms with van der Waals surface area (Å²) < 4.78 is 38.3. The third-order valence-corrected chi connectivity index (χ3v) is 4.27. The minimum absolute atomic E-state index is 0.109. The fraction of sp³-hybridized carbons (Fsp3) is 0.278. The van der Waals surface area contributed by atoms with Crippen molar-refractivity contribution in [1.82, 2.24) is 4.90 Å². The molecule has 0 saturated carbocycles. The van der Waals surface area contributed by atoms with Crippen LogP contribution in [0, 0.1) is 11.3 Å². The molecule has 1 aliphatic rings. The van der Waals surface area contributed by atoms with Gasteiger partial charge >= 0.3 is 12.2 Å². The van der Waals surface area contributed by atoms with Gasteiger partial charge in [-0.05, 0) is 24.3 Å². The van der Waals surface area contributed by atoms with Gasteiger partial charge in [-0.15, -0.1) is 0 Å². The van der Waals surface area contributed by atoms with Crippen LogP contribution < -0.4 is 15.2 Å². The highest BCUT2D eigenvalue weighted by atomic mass is 19.4. The third-order valence-electron chi connectivity index (χ3n) is 4.27. The van der Waals surface area contributed by atoms with Gasteiger partial charge in [-0.25, -0.2) is 9.78 Å². The summed E-state index contributed by atoms with van der Waals surface area (Å²) in [6, 6.07) is 9.67. The van der Waals surface area contributed by atoms with Crippen molar-refractivity contribution in [3.8, 4) is 6.07 Å². The first-order valence-electron chi connectivity index (χ1n) is 8.27. The molecule has 2 N–H and O–H groups in total. The number of carbonyl (C=O) groups is 1. The minimum Gasteiger partial charge on any atom is -0.317 e. The number of hydrogen-bond donors (Lipinski definition) is 1. The summed E-state index contributed by atoms with van der Waals surface area (Å²) in [5.74, 6) is 0.840. The van der Waals surface area contributed by atoms with Crippen molar-refractivity contribution >= 4 is 17.5 Å². The topological polar surface area (TPSA) is 73.5 Å². The first-order chi connectivity index (χ1) is 12.9. The van der Waals surface area contributed by atoms with Crippen molar-refractivity contribution in [3.05, 3.63) is 53.7 Å². The molecule has 6 nitrogen and oxygen atoms in total. The zero-order valence-corrected chi connectivity index (χ0v) is 14.3. The Balaban J connectivity index is 1.58. The fourth-order valence-electron chi connectivity index (χ4n) is 2.81. The lowest BCUT2D eigenvalue weighted by molar-refractivity contribution is -0.364. The minimum atomic E-state index is -4.45. The standard InChI is InChI=1S/C18H16F3N5O/c19-18(20,21)14-2-1-3-15(10-14)24-17(27)26-8-6-25(7-9-26)16-5-4-13(11-22)12-23-16/h1-5,10,12H,6-9H2,(H,24,27)/p+1. The molecule has 9 heteroatoms. The first kappa shape index (κ1) is 18.5. The molecule has 0 unspecified atom stereocenters. The number of halogens is 3. The van der Waals surface area contributed by atoms with Crippen LogP contribution in [-0.4, -0.2) is 37.1 Å². The molecule has 0 atom stereocenters. The molecule has 1 fully saturated rings. The second kappa shape index (κ2) is 7.53. The first-order valence-corrected chi connectivity index (χ1v) is 8.27. The van der Waals surface area contributed by atoms with Crippen LogP contribution in [-0.2, 0) is 6.18 Å². The molecule has 3 rings (SSSR count). The molecule has 2 amide bonds. The second-order valence-corrected chi connectivity index (χ2v) is 6.06. The largest absolute Gasteiger partial charge is 0.416 e. The normalized spacial score (nSPS) is 14.6. The van der Waals surface area contributed by atoms with Crippen molar-refractivity contribution < 1.29 is 22.9 Å². The average Bonchev–Trinajstić information content (AvgIpc) is 2.68. The third kappa shape index (κ3) is 4.47. The predicted octanol–water partition coefficient (Wildman–Crippen LogP) is 2.75. The van der Waals surface area contributed by atoms with E-state index < -0.39 is 17.8 Å². The monoisotopic (exact) mass is 376 g/mol. The molecule has 0 radical (unpaired) electrons. The number of urea groups is 1. The zero-order chi connectivity index (χ0) is 19.4. The van der Waals surface area contributed by atoms with Gasteiger partial charge < -0.3 is 10.2 Å². The van der Waals surface area contributed by atoms with Gasteiger partial charge in [-0.3, -0.25) is 4.90 Å². The molecule has 1 aromatic carbocycles. The number of H-pyrrole nitrogens is 1. The van der Waals surface area contributed by atoms with Crippen LogP contribution in [0.1, 0.15) is 11.1 Å². The summed E-state index contributed by atoms with van der Waals surface area (Å²) in [7, 11) is 0. The lowest BCUT2D eigenvalue weighted by atomic mass is 10.2. The van der Waals surface area contributed by atoms with E-state index in [0.29, 0.717) is 31.7 Å². The van der Waals surface area contributed by atoms with E-state index in [0.717, 1.165) is 18.0 Å². The summed E-state index contributed by atoms with van der Waals surface area (Å²) in [5, 5.41) is 11.3. The average molecular weight is 376 g/mol. The Morgan fingerprint density at radius 1 is 1.15 bits per heavy atom. The smallest absolute Gasteiger partial charge is 0.317 e. The number of pyridine rings is 1. The molecular weight excluding hydrogens is 359 g/mol. The van der Waals surface area contributed by atoms with Crippen molar-refractivity contribution in [1.29, 1.82) is 5.26 Å². The highest BCUT2D eigenvalue weighted by Crippen LogP contribution is 2.30. The SMILES string of the molecule is N#Cc1ccc(N2CCN(C(=O)Nc3cccc(C(F)(F)F)c3)CC2)[nH+]c1. The molecule has 27 heavy (non-hydrogen) atoms. The molecular formula is C18H17F3N5O+. The van der Waals surface area contributed by atoms with Crippen molar-refractivity contribution in [2.24, 2.45) is 0 Å². The van der Waals surface area contributed by atoms with Crippen molar-refractivity contribution in [2.45, 2.75) is 6.18 Å². The number of nitrogens with zero attached hydrogens (tertiary/aromatic N) is 3. The number of amides is 2. The Morgan fingerprint density at radius 3 is 2.48 bits per heavy atom. The van der Waals surface area contributed by atoms with Gasteiger partial charge in [0.05, 0.1) is 24.2 Å². The zero-order valence-electron chi connectivity index (χ0n) is 14.3. The van der Waals surface area contributed by atoms with E-state index in [1.165, 1.54) is 12.1 Å². The Morgan fingerprint density at radius 2 is 1.89 bits per heavy atom. The maximum Gasteiger partial charge on any atom is 0.416 e. The van der Waals surface area contributed by atoms with Crippen molar-refractivity contribution in [3.63, 3.8) is 0 Å². The van der Waals surface area contributed by atoms with Crippen LogP contribution in [0.2, 0.25) is 0 Å². The Labute approximate surface area is 153 Å². The van der Waals surface area contributed by atoms with E-state index in [4.69, 9.17) is 5.26 Å². The van der Waals surface area contributed by atoms with Crippen LogP contribution in [0.5, 0.6) is 0 Å².